The third kappa shape index (κ3) is 2.91. The van der Waals surface area contributed by atoms with Crippen LogP contribution in [0, 0.1) is 5.41 Å². The Kier molecular flexibility index (Phi) is 3.28. The summed E-state index contributed by atoms with van der Waals surface area (Å²) < 4.78 is 0. The fraction of sp³-hybridized carbons (Fsp3) is 0.583. The zero-order valence-electron chi connectivity index (χ0n) is 10.3. The van der Waals surface area contributed by atoms with Crippen LogP contribution in [-0.4, -0.2) is 28.0 Å². The Bertz CT molecular complexity index is 413. The minimum absolute atomic E-state index is 0.294. The molecule has 0 spiro atoms. The second-order valence-electron chi connectivity index (χ2n) is 5.31. The first-order valence-electron chi connectivity index (χ1n) is 5.85. The van der Waals surface area contributed by atoms with Gasteiger partial charge in [-0.1, -0.05) is 26.1 Å². The Hall–Kier alpha value is -1.23. The molecule has 17 heavy (non-hydrogen) atoms. The molecule has 1 aromatic heterocycles. The number of thiocarbonyl (C=S) groups is 1. The molecule has 1 fully saturated rings. The first kappa shape index (κ1) is 12.2. The number of aromatic nitrogens is 2. The van der Waals surface area contributed by atoms with Crippen LogP contribution >= 0.6 is 12.2 Å². The highest BCUT2D eigenvalue weighted by molar-refractivity contribution is 7.80. The van der Waals surface area contributed by atoms with Gasteiger partial charge in [0.2, 0.25) is 0 Å². The smallest absolute Gasteiger partial charge is 0.147 e. The molecule has 0 bridgehead atoms. The third-order valence-corrected chi connectivity index (χ3v) is 3.32. The van der Waals surface area contributed by atoms with Crippen molar-refractivity contribution < 1.29 is 0 Å². The molecule has 0 saturated carbocycles. The van der Waals surface area contributed by atoms with E-state index in [1.165, 1.54) is 12.8 Å². The maximum atomic E-state index is 5.50. The molecular formula is C12H18N4S. The summed E-state index contributed by atoms with van der Waals surface area (Å²) in [5.74, 6) is 0.915. The minimum atomic E-state index is 0.294. The van der Waals surface area contributed by atoms with Crippen molar-refractivity contribution >= 4 is 23.0 Å². The predicted molar refractivity (Wildman–Crippen MR) is 73.1 cm³/mol. The average Bonchev–Trinajstić information content (AvgIpc) is 2.28. The Morgan fingerprint density at radius 2 is 2.18 bits per heavy atom. The van der Waals surface area contributed by atoms with E-state index in [1.54, 1.807) is 12.4 Å². The first-order valence-corrected chi connectivity index (χ1v) is 6.26. The van der Waals surface area contributed by atoms with Gasteiger partial charge in [0.15, 0.2) is 0 Å². The van der Waals surface area contributed by atoms with Gasteiger partial charge in [0.05, 0.1) is 12.4 Å². The summed E-state index contributed by atoms with van der Waals surface area (Å²) in [7, 11) is 0. The summed E-state index contributed by atoms with van der Waals surface area (Å²) in [6.45, 7) is 6.64. The molecule has 2 N–H and O–H groups in total. The molecule has 1 aromatic rings. The number of hydrogen-bond acceptors (Lipinski definition) is 4. The zero-order valence-corrected chi connectivity index (χ0v) is 11.1. The molecule has 2 heterocycles. The van der Waals surface area contributed by atoms with Crippen LogP contribution in [0.3, 0.4) is 0 Å². The number of nitrogens with two attached hydrogens (primary N) is 1. The van der Waals surface area contributed by atoms with Crippen molar-refractivity contribution in [2.24, 2.45) is 11.1 Å². The van der Waals surface area contributed by atoms with E-state index in [1.807, 2.05) is 0 Å². The van der Waals surface area contributed by atoms with E-state index in [-0.39, 0.29) is 0 Å². The third-order valence-electron chi connectivity index (χ3n) is 3.12. The molecule has 0 aliphatic carbocycles. The van der Waals surface area contributed by atoms with E-state index in [0.717, 1.165) is 18.9 Å². The van der Waals surface area contributed by atoms with Gasteiger partial charge in [-0.15, -0.1) is 0 Å². The average molecular weight is 250 g/mol. The van der Waals surface area contributed by atoms with Crippen molar-refractivity contribution in [2.75, 3.05) is 18.0 Å². The number of anilines is 1. The molecule has 5 heteroatoms. The van der Waals surface area contributed by atoms with Gasteiger partial charge in [-0.05, 0) is 18.3 Å². The molecule has 1 aliphatic rings. The second-order valence-corrected chi connectivity index (χ2v) is 5.75. The molecule has 4 nitrogen and oxygen atoms in total. The fourth-order valence-corrected chi connectivity index (χ4v) is 2.34. The fourth-order valence-electron chi connectivity index (χ4n) is 2.23. The van der Waals surface area contributed by atoms with Crippen LogP contribution in [0.2, 0.25) is 0 Å². The van der Waals surface area contributed by atoms with Crippen molar-refractivity contribution in [1.29, 1.82) is 0 Å². The molecule has 0 unspecified atom stereocenters. The summed E-state index contributed by atoms with van der Waals surface area (Å²) >= 11 is 4.86. The van der Waals surface area contributed by atoms with Crippen LogP contribution < -0.4 is 10.6 Å². The van der Waals surface area contributed by atoms with Gasteiger partial charge in [0.25, 0.3) is 0 Å². The van der Waals surface area contributed by atoms with Crippen molar-refractivity contribution in [1.82, 2.24) is 9.97 Å². The second kappa shape index (κ2) is 4.56. The molecule has 2 rings (SSSR count). The molecule has 0 aromatic carbocycles. The van der Waals surface area contributed by atoms with E-state index >= 15 is 0 Å². The predicted octanol–water partition coefficient (Wildman–Crippen LogP) is 1.74. The Labute approximate surface area is 107 Å². The molecule has 1 aliphatic heterocycles. The van der Waals surface area contributed by atoms with Crippen LogP contribution in [0.15, 0.2) is 12.4 Å². The normalized spacial score (nSPS) is 19.1. The molecule has 1 saturated heterocycles. The summed E-state index contributed by atoms with van der Waals surface area (Å²) in [5, 5.41) is 0. The van der Waals surface area contributed by atoms with Gasteiger partial charge in [-0.2, -0.15) is 0 Å². The topological polar surface area (TPSA) is 55.0 Å². The monoisotopic (exact) mass is 250 g/mol. The standard InChI is InChI=1S/C12H18N4S/c1-12(2)4-3-5-16(8-12)10-7-14-9(6-15-10)11(13)17/h6-7H,3-5,8H2,1-2H3,(H2,13,17). The van der Waals surface area contributed by atoms with Crippen LogP contribution in [0.4, 0.5) is 5.82 Å². The lowest BCUT2D eigenvalue weighted by Gasteiger charge is -2.38. The van der Waals surface area contributed by atoms with Crippen LogP contribution in [-0.2, 0) is 0 Å². The highest BCUT2D eigenvalue weighted by Crippen LogP contribution is 2.30. The van der Waals surface area contributed by atoms with Crippen molar-refractivity contribution in [3.8, 4) is 0 Å². The van der Waals surface area contributed by atoms with Gasteiger partial charge in [0.1, 0.15) is 16.5 Å². The van der Waals surface area contributed by atoms with Gasteiger partial charge >= 0.3 is 0 Å². The molecule has 0 amide bonds. The van der Waals surface area contributed by atoms with Crippen molar-refractivity contribution in [3.05, 3.63) is 18.1 Å². The number of nitrogens with zero attached hydrogens (tertiary/aromatic N) is 3. The highest BCUT2D eigenvalue weighted by Gasteiger charge is 2.27. The van der Waals surface area contributed by atoms with Crippen molar-refractivity contribution in [3.63, 3.8) is 0 Å². The SMILES string of the molecule is CC1(C)CCCN(c2cnc(C(N)=S)cn2)C1. The Balaban J connectivity index is 2.14. The lowest BCUT2D eigenvalue weighted by molar-refractivity contribution is 0.292. The molecule has 92 valence electrons. The van der Waals surface area contributed by atoms with Gasteiger partial charge in [-0.25, -0.2) is 9.97 Å². The van der Waals surface area contributed by atoms with Gasteiger partial charge < -0.3 is 10.6 Å². The van der Waals surface area contributed by atoms with Crippen LogP contribution in [0.25, 0.3) is 0 Å². The molecule has 0 atom stereocenters. The summed E-state index contributed by atoms with van der Waals surface area (Å²) in [6, 6.07) is 0. The maximum absolute atomic E-state index is 5.50. The summed E-state index contributed by atoms with van der Waals surface area (Å²) in [6.07, 6.45) is 5.88. The van der Waals surface area contributed by atoms with Crippen molar-refractivity contribution in [2.45, 2.75) is 26.7 Å². The van der Waals surface area contributed by atoms with E-state index in [0.29, 0.717) is 16.1 Å². The number of hydrogen-bond donors (Lipinski definition) is 1. The summed E-state index contributed by atoms with van der Waals surface area (Å²) in [5.41, 5.74) is 6.43. The minimum Gasteiger partial charge on any atom is -0.388 e. The van der Waals surface area contributed by atoms with E-state index in [9.17, 15) is 0 Å². The van der Waals surface area contributed by atoms with Crippen LogP contribution in [0.5, 0.6) is 0 Å². The lowest BCUT2D eigenvalue weighted by atomic mass is 9.84. The number of rotatable bonds is 2. The van der Waals surface area contributed by atoms with E-state index in [4.69, 9.17) is 18.0 Å². The Morgan fingerprint density at radius 1 is 1.41 bits per heavy atom. The lowest BCUT2D eigenvalue weighted by Crippen LogP contribution is -2.40. The maximum Gasteiger partial charge on any atom is 0.147 e. The number of piperidine rings is 1. The summed E-state index contributed by atoms with van der Waals surface area (Å²) in [4.78, 5) is 11.2. The van der Waals surface area contributed by atoms with Gasteiger partial charge in [0, 0.05) is 13.1 Å². The van der Waals surface area contributed by atoms with Crippen LogP contribution in [0.1, 0.15) is 32.4 Å². The quantitative estimate of drug-likeness (QED) is 0.810. The molecule has 0 radical (unpaired) electrons. The van der Waals surface area contributed by atoms with E-state index < -0.39 is 0 Å². The first-order chi connectivity index (χ1) is 7.98. The van der Waals surface area contributed by atoms with E-state index in [2.05, 4.69) is 28.7 Å². The Morgan fingerprint density at radius 3 is 2.71 bits per heavy atom. The van der Waals surface area contributed by atoms with Gasteiger partial charge in [-0.3, -0.25) is 0 Å². The molecular weight excluding hydrogens is 232 g/mol. The zero-order chi connectivity index (χ0) is 12.5. The highest BCUT2D eigenvalue weighted by atomic mass is 32.1. The largest absolute Gasteiger partial charge is 0.388 e.